The van der Waals surface area contributed by atoms with Crippen molar-refractivity contribution in [1.29, 1.82) is 0 Å². The summed E-state index contributed by atoms with van der Waals surface area (Å²) in [5.74, 6) is 0. The average Bonchev–Trinajstić information content (AvgIpc) is 3.62. The first-order chi connectivity index (χ1) is 25.8. The second-order valence-electron chi connectivity index (χ2n) is 13.3. The molecule has 0 aliphatic carbocycles. The second kappa shape index (κ2) is 12.5. The van der Waals surface area contributed by atoms with Gasteiger partial charge in [-0.2, -0.15) is 0 Å². The maximum absolute atomic E-state index is 6.52. The summed E-state index contributed by atoms with van der Waals surface area (Å²) in [7, 11) is 0. The van der Waals surface area contributed by atoms with E-state index in [0.29, 0.717) is 0 Å². The van der Waals surface area contributed by atoms with Crippen molar-refractivity contribution in [2.45, 2.75) is 0 Å². The molecule has 244 valence electrons. The Morgan fingerprint density at radius 2 is 0.846 bits per heavy atom. The van der Waals surface area contributed by atoms with Crippen molar-refractivity contribution in [3.05, 3.63) is 200 Å². The molecule has 0 saturated carbocycles. The second-order valence-corrected chi connectivity index (χ2v) is 13.3. The Labute approximate surface area is 302 Å². The van der Waals surface area contributed by atoms with Gasteiger partial charge in [0.05, 0.1) is 5.69 Å². The summed E-state index contributed by atoms with van der Waals surface area (Å²) in [5.41, 5.74) is 12.1. The van der Waals surface area contributed by atoms with Crippen LogP contribution >= 0.6 is 0 Å². The molecule has 2 nitrogen and oxygen atoms in total. The van der Waals surface area contributed by atoms with Gasteiger partial charge in [-0.05, 0) is 91.8 Å². The van der Waals surface area contributed by atoms with Crippen LogP contribution in [0.25, 0.3) is 76.9 Å². The number of anilines is 3. The molecule has 0 unspecified atom stereocenters. The summed E-state index contributed by atoms with van der Waals surface area (Å²) in [5, 5.41) is 7.17. The number of hydrogen-bond acceptors (Lipinski definition) is 2. The molecule has 0 aliphatic rings. The molecule has 0 spiro atoms. The fourth-order valence-corrected chi connectivity index (χ4v) is 7.84. The smallest absolute Gasteiger partial charge is 0.136 e. The summed E-state index contributed by atoms with van der Waals surface area (Å²) in [4.78, 5) is 2.39. The van der Waals surface area contributed by atoms with Crippen LogP contribution in [-0.4, -0.2) is 0 Å². The van der Waals surface area contributed by atoms with Gasteiger partial charge >= 0.3 is 0 Å². The minimum absolute atomic E-state index is 0.886. The topological polar surface area (TPSA) is 16.4 Å². The van der Waals surface area contributed by atoms with E-state index >= 15 is 0 Å². The molecular formula is C50H33NO. The van der Waals surface area contributed by atoms with Gasteiger partial charge in [0.2, 0.25) is 0 Å². The van der Waals surface area contributed by atoms with E-state index < -0.39 is 0 Å². The lowest BCUT2D eigenvalue weighted by Crippen LogP contribution is -2.11. The van der Waals surface area contributed by atoms with E-state index in [1.165, 1.54) is 43.8 Å². The maximum Gasteiger partial charge on any atom is 0.136 e. The molecule has 1 heterocycles. The Balaban J connectivity index is 1.17. The van der Waals surface area contributed by atoms with Crippen LogP contribution in [0.4, 0.5) is 17.1 Å². The molecule has 9 aromatic carbocycles. The molecule has 2 heteroatoms. The number of hydrogen-bond donors (Lipinski definition) is 0. The molecule has 0 aliphatic heterocycles. The number of nitrogens with zero attached hydrogens (tertiary/aromatic N) is 1. The van der Waals surface area contributed by atoms with Crippen molar-refractivity contribution in [3.8, 4) is 33.4 Å². The van der Waals surface area contributed by atoms with Gasteiger partial charge in [-0.3, -0.25) is 0 Å². The summed E-state index contributed by atoms with van der Waals surface area (Å²) < 4.78 is 6.52. The molecule has 0 fully saturated rings. The molecule has 0 saturated heterocycles. The van der Waals surface area contributed by atoms with E-state index in [4.69, 9.17) is 4.42 Å². The number of furan rings is 1. The van der Waals surface area contributed by atoms with E-state index in [-0.39, 0.29) is 0 Å². The molecular weight excluding hydrogens is 631 g/mol. The maximum atomic E-state index is 6.52. The Bertz CT molecular complexity index is 2880. The molecule has 52 heavy (non-hydrogen) atoms. The Hall–Kier alpha value is -6.90. The van der Waals surface area contributed by atoms with Crippen molar-refractivity contribution in [3.63, 3.8) is 0 Å². The van der Waals surface area contributed by atoms with Crippen LogP contribution in [0.5, 0.6) is 0 Å². The first-order valence-electron chi connectivity index (χ1n) is 17.8. The monoisotopic (exact) mass is 663 g/mol. The van der Waals surface area contributed by atoms with Crippen molar-refractivity contribution in [2.24, 2.45) is 0 Å². The summed E-state index contributed by atoms with van der Waals surface area (Å²) >= 11 is 0. The lowest BCUT2D eigenvalue weighted by molar-refractivity contribution is 0.669. The van der Waals surface area contributed by atoms with Crippen LogP contribution in [0.1, 0.15) is 0 Å². The van der Waals surface area contributed by atoms with Crippen LogP contribution in [-0.2, 0) is 0 Å². The third kappa shape index (κ3) is 5.04. The average molecular weight is 664 g/mol. The molecule has 0 radical (unpaired) electrons. The van der Waals surface area contributed by atoms with E-state index in [1.807, 2.05) is 0 Å². The normalized spacial score (nSPS) is 11.5. The molecule has 10 aromatic rings. The lowest BCUT2D eigenvalue weighted by atomic mass is 9.94. The zero-order valence-electron chi connectivity index (χ0n) is 28.4. The van der Waals surface area contributed by atoms with Crippen molar-refractivity contribution < 1.29 is 4.42 Å². The van der Waals surface area contributed by atoms with Crippen molar-refractivity contribution in [2.75, 3.05) is 4.90 Å². The highest BCUT2D eigenvalue weighted by molar-refractivity contribution is 6.23. The van der Waals surface area contributed by atoms with Gasteiger partial charge in [0.15, 0.2) is 0 Å². The molecule has 0 bridgehead atoms. The summed E-state index contributed by atoms with van der Waals surface area (Å²) in [6, 6.07) is 71.6. The van der Waals surface area contributed by atoms with Gasteiger partial charge in [-0.15, -0.1) is 0 Å². The minimum Gasteiger partial charge on any atom is -0.456 e. The fraction of sp³-hybridized carbons (Fsp3) is 0. The third-order valence-corrected chi connectivity index (χ3v) is 10.3. The Morgan fingerprint density at radius 1 is 0.308 bits per heavy atom. The van der Waals surface area contributed by atoms with E-state index in [2.05, 4.69) is 205 Å². The zero-order chi connectivity index (χ0) is 34.4. The minimum atomic E-state index is 0.886. The molecule has 1 aromatic heterocycles. The van der Waals surface area contributed by atoms with Gasteiger partial charge in [0, 0.05) is 27.7 Å². The summed E-state index contributed by atoms with van der Waals surface area (Å²) in [6.45, 7) is 0. The zero-order valence-corrected chi connectivity index (χ0v) is 28.4. The predicted molar refractivity (Wildman–Crippen MR) is 220 cm³/mol. The van der Waals surface area contributed by atoms with Gasteiger partial charge in [0.1, 0.15) is 11.2 Å². The molecule has 10 rings (SSSR count). The van der Waals surface area contributed by atoms with Crippen LogP contribution < -0.4 is 4.90 Å². The largest absolute Gasteiger partial charge is 0.456 e. The van der Waals surface area contributed by atoms with Gasteiger partial charge in [-0.25, -0.2) is 0 Å². The predicted octanol–water partition coefficient (Wildman–Crippen LogP) is 14.4. The van der Waals surface area contributed by atoms with Crippen LogP contribution in [0, 0.1) is 0 Å². The highest BCUT2D eigenvalue weighted by Crippen LogP contribution is 2.46. The van der Waals surface area contributed by atoms with Gasteiger partial charge in [-0.1, -0.05) is 158 Å². The number of rotatable bonds is 6. The SMILES string of the molecule is c1ccc(-c2ccc(N(c3ccc(-c4cccc5ccccc45)cc3)c3ccccc3-c3cccc4oc5ccc6ccccc6c5c34)cc2)cc1. The number of para-hydroxylation sites is 1. The van der Waals surface area contributed by atoms with Crippen LogP contribution in [0.3, 0.4) is 0 Å². The molecule has 0 amide bonds. The van der Waals surface area contributed by atoms with Gasteiger partial charge in [0.25, 0.3) is 0 Å². The Morgan fingerprint density at radius 3 is 1.63 bits per heavy atom. The van der Waals surface area contributed by atoms with Crippen molar-refractivity contribution in [1.82, 2.24) is 0 Å². The van der Waals surface area contributed by atoms with E-state index in [1.54, 1.807) is 0 Å². The standard InChI is InChI=1S/C50H33NO/c1-2-12-34(13-3-1)35-24-29-39(30-25-35)51(40-31-26-38(27-32-40)42-20-10-16-36-14-4-6-17-41(36)42)46-22-9-8-19-44(46)45-21-11-23-47-50(45)49-43-18-7-5-15-37(43)28-33-48(49)52-47/h1-33H. The van der Waals surface area contributed by atoms with Crippen LogP contribution in [0.2, 0.25) is 0 Å². The first kappa shape index (κ1) is 30.0. The quantitative estimate of drug-likeness (QED) is 0.176. The van der Waals surface area contributed by atoms with E-state index in [9.17, 15) is 0 Å². The summed E-state index contributed by atoms with van der Waals surface area (Å²) in [6.07, 6.45) is 0. The molecule has 0 atom stereocenters. The van der Waals surface area contributed by atoms with Crippen LogP contribution in [0.15, 0.2) is 205 Å². The third-order valence-electron chi connectivity index (χ3n) is 10.3. The number of benzene rings is 9. The van der Waals surface area contributed by atoms with E-state index in [0.717, 1.165) is 50.1 Å². The number of fused-ring (bicyclic) bond motifs is 6. The first-order valence-corrected chi connectivity index (χ1v) is 17.8. The van der Waals surface area contributed by atoms with Crippen molar-refractivity contribution >= 4 is 60.5 Å². The van der Waals surface area contributed by atoms with Gasteiger partial charge < -0.3 is 9.32 Å². The highest BCUT2D eigenvalue weighted by atomic mass is 16.3. The fourth-order valence-electron chi connectivity index (χ4n) is 7.84. The molecule has 0 N–H and O–H groups in total. The lowest BCUT2D eigenvalue weighted by Gasteiger charge is -2.28. The Kier molecular flexibility index (Phi) is 7.18. The highest BCUT2D eigenvalue weighted by Gasteiger charge is 2.21.